The highest BCUT2D eigenvalue weighted by atomic mass is 35.5. The number of aromatic hydroxyl groups is 1. The first kappa shape index (κ1) is 22.6. The number of phenolic OH excluding ortho intramolecular Hbond substituents is 1. The third-order valence-electron chi connectivity index (χ3n) is 6.38. The molecule has 1 aliphatic heterocycles. The van der Waals surface area contributed by atoms with E-state index >= 15 is 0 Å². The number of aromatic nitrogens is 2. The molecule has 4 nitrogen and oxygen atoms in total. The van der Waals surface area contributed by atoms with Crippen LogP contribution in [0.25, 0.3) is 22.0 Å². The molecule has 0 bridgehead atoms. The normalized spacial score (nSPS) is 17.1. The van der Waals surface area contributed by atoms with Crippen molar-refractivity contribution in [3.8, 4) is 5.75 Å². The van der Waals surface area contributed by atoms with Crippen LogP contribution >= 0.6 is 11.6 Å². The van der Waals surface area contributed by atoms with Crippen LogP contribution in [-0.2, 0) is 4.74 Å². The molecule has 1 unspecified atom stereocenters. The first-order valence-electron chi connectivity index (χ1n) is 11.6. The van der Waals surface area contributed by atoms with Crippen molar-refractivity contribution in [2.45, 2.75) is 38.8 Å². The third kappa shape index (κ3) is 4.33. The van der Waals surface area contributed by atoms with Crippen LogP contribution in [0.2, 0.25) is 5.02 Å². The van der Waals surface area contributed by atoms with Gasteiger partial charge >= 0.3 is 0 Å². The second-order valence-corrected chi connectivity index (χ2v) is 8.97. The van der Waals surface area contributed by atoms with E-state index in [0.29, 0.717) is 11.4 Å². The molecule has 0 spiro atoms. The van der Waals surface area contributed by atoms with Gasteiger partial charge in [0.2, 0.25) is 0 Å². The quantitative estimate of drug-likeness (QED) is 0.301. The van der Waals surface area contributed by atoms with Gasteiger partial charge in [-0.3, -0.25) is 0 Å². The number of allylic oxidation sites excluding steroid dienone is 1. The Hall–Kier alpha value is -3.15. The fraction of sp³-hybridized carbons (Fsp3) is 0.250. The van der Waals surface area contributed by atoms with E-state index in [0.717, 1.165) is 64.6 Å². The summed E-state index contributed by atoms with van der Waals surface area (Å²) in [5.74, 6) is -0.167. The molecule has 34 heavy (non-hydrogen) atoms. The Kier molecular flexibility index (Phi) is 6.40. The van der Waals surface area contributed by atoms with Crippen LogP contribution in [0.5, 0.6) is 5.75 Å². The Morgan fingerprint density at radius 2 is 1.88 bits per heavy atom. The molecule has 0 aliphatic carbocycles. The zero-order valence-corrected chi connectivity index (χ0v) is 19.7. The van der Waals surface area contributed by atoms with E-state index in [4.69, 9.17) is 16.3 Å². The highest BCUT2D eigenvalue weighted by Gasteiger charge is 2.20. The van der Waals surface area contributed by atoms with Gasteiger partial charge in [0.1, 0.15) is 11.6 Å². The van der Waals surface area contributed by atoms with E-state index in [-0.39, 0.29) is 17.8 Å². The minimum absolute atomic E-state index is 0.0339. The topological polar surface area (TPSA) is 47.3 Å². The van der Waals surface area contributed by atoms with Crippen LogP contribution in [0.4, 0.5) is 4.39 Å². The van der Waals surface area contributed by atoms with Gasteiger partial charge in [0.15, 0.2) is 6.23 Å². The molecular formula is C28H26ClFN2O2. The molecule has 1 saturated heterocycles. The summed E-state index contributed by atoms with van der Waals surface area (Å²) in [7, 11) is 0. The summed E-state index contributed by atoms with van der Waals surface area (Å²) in [6.07, 6.45) is 5.72. The molecule has 1 N–H and O–H groups in total. The van der Waals surface area contributed by atoms with Gasteiger partial charge in [-0.2, -0.15) is 5.10 Å². The Morgan fingerprint density at radius 3 is 2.59 bits per heavy atom. The van der Waals surface area contributed by atoms with Crippen molar-refractivity contribution in [3.63, 3.8) is 0 Å². The summed E-state index contributed by atoms with van der Waals surface area (Å²) < 4.78 is 21.7. The van der Waals surface area contributed by atoms with Crippen molar-refractivity contribution in [1.29, 1.82) is 0 Å². The van der Waals surface area contributed by atoms with E-state index in [1.807, 2.05) is 23.0 Å². The minimum Gasteiger partial charge on any atom is -0.508 e. The maximum Gasteiger partial charge on any atom is 0.150 e. The second kappa shape index (κ2) is 9.61. The fourth-order valence-electron chi connectivity index (χ4n) is 4.73. The molecule has 6 heteroatoms. The monoisotopic (exact) mass is 476 g/mol. The minimum atomic E-state index is -0.367. The lowest BCUT2D eigenvalue weighted by atomic mass is 9.87. The smallest absolute Gasteiger partial charge is 0.150 e. The number of fused-ring (bicyclic) bond motifs is 1. The largest absolute Gasteiger partial charge is 0.508 e. The number of hydrogen-bond donors (Lipinski definition) is 1. The molecule has 0 amide bonds. The molecule has 0 saturated carbocycles. The zero-order chi connectivity index (χ0) is 23.7. The van der Waals surface area contributed by atoms with Crippen LogP contribution in [-0.4, -0.2) is 21.5 Å². The Morgan fingerprint density at radius 1 is 1.09 bits per heavy atom. The van der Waals surface area contributed by atoms with Gasteiger partial charge in [-0.15, -0.1) is 0 Å². The molecule has 1 fully saturated rings. The fourth-order valence-corrected chi connectivity index (χ4v) is 5.02. The van der Waals surface area contributed by atoms with Crippen molar-refractivity contribution < 1.29 is 14.2 Å². The number of halogens is 2. The van der Waals surface area contributed by atoms with Crippen LogP contribution in [0.15, 0.2) is 66.9 Å². The lowest BCUT2D eigenvalue weighted by Crippen LogP contribution is -2.18. The molecule has 3 aromatic carbocycles. The molecular weight excluding hydrogens is 451 g/mol. The third-order valence-corrected chi connectivity index (χ3v) is 6.69. The number of hydrogen-bond acceptors (Lipinski definition) is 3. The molecule has 4 aromatic rings. The molecule has 2 heterocycles. The SMILES string of the molecule is CC/C(=C(/c1ccc(O)cc1)c1ccc2c(cnn2C2CCCCO2)c1)c1ccc(F)cc1Cl. The van der Waals surface area contributed by atoms with E-state index < -0.39 is 0 Å². The van der Waals surface area contributed by atoms with Crippen LogP contribution in [0.1, 0.15) is 55.5 Å². The average Bonchev–Trinajstić information content (AvgIpc) is 3.28. The summed E-state index contributed by atoms with van der Waals surface area (Å²) in [6.45, 7) is 2.82. The number of rotatable bonds is 5. The summed E-state index contributed by atoms with van der Waals surface area (Å²) in [5.41, 5.74) is 5.74. The highest BCUT2D eigenvalue weighted by molar-refractivity contribution is 6.32. The van der Waals surface area contributed by atoms with Crippen LogP contribution in [0, 0.1) is 5.82 Å². The summed E-state index contributed by atoms with van der Waals surface area (Å²) in [4.78, 5) is 0. The maximum absolute atomic E-state index is 13.8. The number of benzene rings is 3. The van der Waals surface area contributed by atoms with E-state index in [9.17, 15) is 9.50 Å². The molecule has 1 aliphatic rings. The molecule has 1 aromatic heterocycles. The van der Waals surface area contributed by atoms with Gasteiger partial charge in [0.05, 0.1) is 16.7 Å². The van der Waals surface area contributed by atoms with Crippen molar-refractivity contribution >= 4 is 33.7 Å². The van der Waals surface area contributed by atoms with Crippen LogP contribution < -0.4 is 0 Å². The Bertz CT molecular complexity index is 1350. The number of ether oxygens (including phenoxy) is 1. The summed E-state index contributed by atoms with van der Waals surface area (Å²) in [5, 5.41) is 15.9. The van der Waals surface area contributed by atoms with E-state index in [2.05, 4.69) is 30.2 Å². The second-order valence-electron chi connectivity index (χ2n) is 8.56. The first-order chi connectivity index (χ1) is 16.5. The van der Waals surface area contributed by atoms with Gasteiger partial charge in [0.25, 0.3) is 0 Å². The van der Waals surface area contributed by atoms with Gasteiger partial charge in [0, 0.05) is 12.0 Å². The van der Waals surface area contributed by atoms with Gasteiger partial charge < -0.3 is 9.84 Å². The predicted molar refractivity (Wildman–Crippen MR) is 134 cm³/mol. The number of nitrogens with zero attached hydrogens (tertiary/aromatic N) is 2. The Labute approximate surface area is 203 Å². The van der Waals surface area contributed by atoms with Gasteiger partial charge in [-0.25, -0.2) is 9.07 Å². The van der Waals surface area contributed by atoms with Crippen molar-refractivity contribution in [2.24, 2.45) is 0 Å². The van der Waals surface area contributed by atoms with E-state index in [1.54, 1.807) is 18.2 Å². The lowest BCUT2D eigenvalue weighted by molar-refractivity contribution is -0.0366. The number of phenols is 1. The van der Waals surface area contributed by atoms with Crippen LogP contribution in [0.3, 0.4) is 0 Å². The van der Waals surface area contributed by atoms with Crippen molar-refractivity contribution in [3.05, 3.63) is 94.4 Å². The summed E-state index contributed by atoms with van der Waals surface area (Å²) >= 11 is 6.49. The van der Waals surface area contributed by atoms with Crippen molar-refractivity contribution in [1.82, 2.24) is 9.78 Å². The zero-order valence-electron chi connectivity index (χ0n) is 19.0. The molecule has 1 atom stereocenters. The highest BCUT2D eigenvalue weighted by Crippen LogP contribution is 2.39. The molecule has 5 rings (SSSR count). The average molecular weight is 477 g/mol. The van der Waals surface area contributed by atoms with Crippen molar-refractivity contribution in [2.75, 3.05) is 6.61 Å². The molecule has 0 radical (unpaired) electrons. The lowest BCUT2D eigenvalue weighted by Gasteiger charge is -2.23. The van der Waals surface area contributed by atoms with E-state index in [1.165, 1.54) is 12.1 Å². The van der Waals surface area contributed by atoms with Gasteiger partial charge in [-0.1, -0.05) is 42.8 Å². The Balaban J connectivity index is 1.68. The van der Waals surface area contributed by atoms with Gasteiger partial charge in [-0.05, 0) is 89.9 Å². The predicted octanol–water partition coefficient (Wildman–Crippen LogP) is 7.60. The molecule has 174 valence electrons. The summed E-state index contributed by atoms with van der Waals surface area (Å²) in [6, 6.07) is 17.9. The first-order valence-corrected chi connectivity index (χ1v) is 12.0. The standard InChI is InChI=1S/C28H26ClFN2O2/c1-2-23(24-12-9-21(30)16-25(24)29)28(18-6-10-22(33)11-7-18)19-8-13-26-20(15-19)17-31-32(26)27-5-3-4-14-34-27/h6-13,15-17,27,33H,2-5,14H2,1H3/b28-23+. The maximum atomic E-state index is 13.8.